The van der Waals surface area contributed by atoms with Crippen LogP contribution in [-0.2, 0) is 16.1 Å². The van der Waals surface area contributed by atoms with E-state index in [0.717, 1.165) is 30.2 Å². The lowest BCUT2D eigenvalue weighted by atomic mass is 10.2. The number of ether oxygens (including phenoxy) is 2. The Kier molecular flexibility index (Phi) is 6.13. The largest absolute Gasteiger partial charge is 0.492 e. The highest BCUT2D eigenvalue weighted by Gasteiger charge is 2.35. The molecule has 1 aromatic heterocycles. The summed E-state index contributed by atoms with van der Waals surface area (Å²) in [6.07, 6.45) is 0. The SMILES string of the molecule is C[C@H](C(=O)NCCOc1ccccc1)N1Cc2ccc(N3CCOCC3)nc2C1=O. The number of amides is 2. The van der Waals surface area contributed by atoms with Gasteiger partial charge in [-0.1, -0.05) is 24.3 Å². The Morgan fingerprint density at radius 2 is 1.97 bits per heavy atom. The molecule has 8 heteroatoms. The molecule has 2 amide bonds. The first-order valence-electron chi connectivity index (χ1n) is 10.2. The van der Waals surface area contributed by atoms with Crippen LogP contribution in [0, 0.1) is 0 Å². The molecular formula is C22H26N4O4. The lowest BCUT2D eigenvalue weighted by Crippen LogP contribution is -2.46. The van der Waals surface area contributed by atoms with Gasteiger partial charge in [-0.15, -0.1) is 0 Å². The van der Waals surface area contributed by atoms with Crippen molar-refractivity contribution in [1.29, 1.82) is 0 Å². The zero-order chi connectivity index (χ0) is 20.9. The maximum Gasteiger partial charge on any atom is 0.273 e. The molecule has 0 bridgehead atoms. The van der Waals surface area contributed by atoms with Gasteiger partial charge in [0.05, 0.1) is 19.8 Å². The van der Waals surface area contributed by atoms with E-state index in [-0.39, 0.29) is 11.8 Å². The minimum Gasteiger partial charge on any atom is -0.492 e. The van der Waals surface area contributed by atoms with E-state index < -0.39 is 6.04 Å². The molecular weight excluding hydrogens is 384 g/mol. The van der Waals surface area contributed by atoms with Gasteiger partial charge in [-0.3, -0.25) is 9.59 Å². The highest BCUT2D eigenvalue weighted by Crippen LogP contribution is 2.26. The van der Waals surface area contributed by atoms with Crippen molar-refractivity contribution in [3.63, 3.8) is 0 Å². The number of morpholine rings is 1. The second-order valence-electron chi connectivity index (χ2n) is 7.34. The summed E-state index contributed by atoms with van der Waals surface area (Å²) in [5.74, 6) is 1.12. The van der Waals surface area contributed by atoms with Gasteiger partial charge < -0.3 is 24.6 Å². The van der Waals surface area contributed by atoms with Crippen LogP contribution in [0.5, 0.6) is 5.75 Å². The van der Waals surface area contributed by atoms with E-state index in [0.29, 0.717) is 38.6 Å². The summed E-state index contributed by atoms with van der Waals surface area (Å²) in [6, 6.07) is 12.7. The van der Waals surface area contributed by atoms with Crippen LogP contribution >= 0.6 is 0 Å². The monoisotopic (exact) mass is 410 g/mol. The van der Waals surface area contributed by atoms with Crippen LogP contribution in [0.25, 0.3) is 0 Å². The Labute approximate surface area is 175 Å². The Morgan fingerprint density at radius 3 is 2.73 bits per heavy atom. The van der Waals surface area contributed by atoms with E-state index >= 15 is 0 Å². The zero-order valence-corrected chi connectivity index (χ0v) is 17.0. The average Bonchev–Trinajstić information content (AvgIpc) is 3.13. The first kappa shape index (κ1) is 20.2. The molecule has 0 aliphatic carbocycles. The predicted molar refractivity (Wildman–Crippen MR) is 112 cm³/mol. The third kappa shape index (κ3) is 4.38. The molecule has 0 saturated carbocycles. The van der Waals surface area contributed by atoms with E-state index in [2.05, 4.69) is 15.2 Å². The molecule has 0 unspecified atom stereocenters. The molecule has 2 aromatic rings. The van der Waals surface area contributed by atoms with Crippen molar-refractivity contribution in [3.8, 4) is 5.75 Å². The predicted octanol–water partition coefficient (Wildman–Crippen LogP) is 1.46. The van der Waals surface area contributed by atoms with Gasteiger partial charge in [-0.05, 0) is 25.1 Å². The Morgan fingerprint density at radius 1 is 1.20 bits per heavy atom. The lowest BCUT2D eigenvalue weighted by Gasteiger charge is -2.27. The summed E-state index contributed by atoms with van der Waals surface area (Å²) < 4.78 is 11.0. The highest BCUT2D eigenvalue weighted by molar-refractivity contribution is 5.99. The van der Waals surface area contributed by atoms with Crippen molar-refractivity contribution in [2.24, 2.45) is 0 Å². The molecule has 2 aliphatic heterocycles. The number of aromatic nitrogens is 1. The molecule has 3 heterocycles. The van der Waals surface area contributed by atoms with Crippen LogP contribution in [0.2, 0.25) is 0 Å². The van der Waals surface area contributed by atoms with Crippen LogP contribution in [-0.4, -0.2) is 67.2 Å². The molecule has 1 atom stereocenters. The highest BCUT2D eigenvalue weighted by atomic mass is 16.5. The summed E-state index contributed by atoms with van der Waals surface area (Å²) in [5.41, 5.74) is 1.29. The van der Waals surface area contributed by atoms with Gasteiger partial charge in [0.25, 0.3) is 5.91 Å². The van der Waals surface area contributed by atoms with Crippen molar-refractivity contribution in [2.75, 3.05) is 44.4 Å². The fourth-order valence-corrected chi connectivity index (χ4v) is 3.61. The second kappa shape index (κ2) is 9.13. The summed E-state index contributed by atoms with van der Waals surface area (Å²) >= 11 is 0. The quantitative estimate of drug-likeness (QED) is 0.696. The number of fused-ring (bicyclic) bond motifs is 1. The number of anilines is 1. The number of rotatable bonds is 7. The van der Waals surface area contributed by atoms with Crippen LogP contribution < -0.4 is 15.0 Å². The average molecular weight is 410 g/mol. The van der Waals surface area contributed by atoms with E-state index in [1.807, 2.05) is 42.5 Å². The van der Waals surface area contributed by atoms with Crippen LogP contribution in [0.1, 0.15) is 23.0 Å². The minimum atomic E-state index is -0.588. The lowest BCUT2D eigenvalue weighted by molar-refractivity contribution is -0.125. The molecule has 0 radical (unpaired) electrons. The van der Waals surface area contributed by atoms with Gasteiger partial charge in [-0.2, -0.15) is 0 Å². The summed E-state index contributed by atoms with van der Waals surface area (Å²) in [5, 5.41) is 2.84. The van der Waals surface area contributed by atoms with Crippen molar-refractivity contribution in [3.05, 3.63) is 53.7 Å². The molecule has 0 spiro atoms. The third-order valence-electron chi connectivity index (χ3n) is 5.36. The minimum absolute atomic E-state index is 0.205. The van der Waals surface area contributed by atoms with Crippen molar-refractivity contribution in [1.82, 2.24) is 15.2 Å². The van der Waals surface area contributed by atoms with Crippen LogP contribution in [0.15, 0.2) is 42.5 Å². The van der Waals surface area contributed by atoms with Crippen molar-refractivity contribution < 1.29 is 19.1 Å². The van der Waals surface area contributed by atoms with E-state index in [1.54, 1.807) is 11.8 Å². The molecule has 8 nitrogen and oxygen atoms in total. The topological polar surface area (TPSA) is 84.0 Å². The Hall–Kier alpha value is -3.13. The second-order valence-corrected chi connectivity index (χ2v) is 7.34. The summed E-state index contributed by atoms with van der Waals surface area (Å²) in [6.45, 7) is 5.68. The van der Waals surface area contributed by atoms with E-state index in [1.165, 1.54) is 0 Å². The van der Waals surface area contributed by atoms with Crippen LogP contribution in [0.4, 0.5) is 5.82 Å². The smallest absolute Gasteiger partial charge is 0.273 e. The van der Waals surface area contributed by atoms with Gasteiger partial charge >= 0.3 is 0 Å². The number of hydrogen-bond donors (Lipinski definition) is 1. The van der Waals surface area contributed by atoms with Gasteiger partial charge in [0.2, 0.25) is 5.91 Å². The number of nitrogens with zero attached hydrogens (tertiary/aromatic N) is 3. The van der Waals surface area contributed by atoms with Crippen molar-refractivity contribution in [2.45, 2.75) is 19.5 Å². The standard InChI is InChI=1S/C22H26N4O4/c1-16(21(27)23-9-12-30-18-5-3-2-4-6-18)26-15-17-7-8-19(24-20(17)22(26)28)25-10-13-29-14-11-25/h2-8,16H,9-15H2,1H3,(H,23,27)/t16-/m1/s1. The normalized spacial score (nSPS) is 16.9. The number of carbonyl (C=O) groups is 2. The maximum absolute atomic E-state index is 12.9. The molecule has 1 aromatic carbocycles. The number of carbonyl (C=O) groups excluding carboxylic acids is 2. The number of hydrogen-bond acceptors (Lipinski definition) is 6. The third-order valence-corrected chi connectivity index (χ3v) is 5.36. The fraction of sp³-hybridized carbons (Fsp3) is 0.409. The Bertz CT molecular complexity index is 899. The molecule has 1 N–H and O–H groups in total. The summed E-state index contributed by atoms with van der Waals surface area (Å²) in [4.78, 5) is 33.7. The number of nitrogens with one attached hydrogen (secondary N) is 1. The van der Waals surface area contributed by atoms with Crippen LogP contribution in [0.3, 0.4) is 0 Å². The molecule has 1 saturated heterocycles. The number of pyridine rings is 1. The van der Waals surface area contributed by atoms with Gasteiger partial charge in [0.15, 0.2) is 0 Å². The van der Waals surface area contributed by atoms with Gasteiger partial charge in [0, 0.05) is 25.2 Å². The van der Waals surface area contributed by atoms with E-state index in [9.17, 15) is 9.59 Å². The molecule has 30 heavy (non-hydrogen) atoms. The molecule has 4 rings (SSSR count). The first-order valence-corrected chi connectivity index (χ1v) is 10.2. The summed E-state index contributed by atoms with van der Waals surface area (Å²) in [7, 11) is 0. The zero-order valence-electron chi connectivity index (χ0n) is 17.0. The molecule has 2 aliphatic rings. The van der Waals surface area contributed by atoms with Gasteiger partial charge in [0.1, 0.15) is 29.9 Å². The number of para-hydroxylation sites is 1. The van der Waals surface area contributed by atoms with Gasteiger partial charge in [-0.25, -0.2) is 4.98 Å². The van der Waals surface area contributed by atoms with Crippen molar-refractivity contribution >= 4 is 17.6 Å². The molecule has 158 valence electrons. The number of benzene rings is 1. The van der Waals surface area contributed by atoms with E-state index in [4.69, 9.17) is 9.47 Å². The fourth-order valence-electron chi connectivity index (χ4n) is 3.61. The maximum atomic E-state index is 12.9. The molecule has 1 fully saturated rings. The first-order chi connectivity index (χ1) is 14.6. The Balaban J connectivity index is 1.32.